The van der Waals surface area contributed by atoms with E-state index in [2.05, 4.69) is 5.32 Å². The van der Waals surface area contributed by atoms with Gasteiger partial charge < -0.3 is 5.32 Å². The standard InChI is InChI=1S/C22H26F2N2O3S/c1-3-15(2)30(28,29)26-11-10-25-22(27)18(14-26)12-16-6-4-5-7-19(16)17-8-9-20(23)21(24)13-17/h4-9,13,15,18H,3,10-12,14H2,1-2H3,(H,25,27)/t15-,18+/m1/s1. The number of carbonyl (C=O) groups excluding carboxylic acids is 1. The molecule has 1 heterocycles. The summed E-state index contributed by atoms with van der Waals surface area (Å²) >= 11 is 0. The molecule has 2 atom stereocenters. The number of benzene rings is 2. The van der Waals surface area contributed by atoms with Crippen LogP contribution >= 0.6 is 0 Å². The topological polar surface area (TPSA) is 66.5 Å². The number of hydrogen-bond donors (Lipinski definition) is 1. The van der Waals surface area contributed by atoms with Gasteiger partial charge >= 0.3 is 0 Å². The summed E-state index contributed by atoms with van der Waals surface area (Å²) in [5, 5.41) is 2.27. The highest BCUT2D eigenvalue weighted by atomic mass is 32.2. The normalized spacial score (nSPS) is 19.2. The summed E-state index contributed by atoms with van der Waals surface area (Å²) in [6, 6.07) is 10.9. The van der Waals surface area contributed by atoms with Crippen LogP contribution in [0.1, 0.15) is 25.8 Å². The molecular weight excluding hydrogens is 410 g/mol. The Morgan fingerprint density at radius 2 is 1.90 bits per heavy atom. The maximum absolute atomic E-state index is 13.8. The Labute approximate surface area is 176 Å². The zero-order valence-electron chi connectivity index (χ0n) is 17.1. The summed E-state index contributed by atoms with van der Waals surface area (Å²) in [7, 11) is -3.51. The van der Waals surface area contributed by atoms with Crippen LogP contribution in [0.15, 0.2) is 42.5 Å². The van der Waals surface area contributed by atoms with Crippen LogP contribution in [0.4, 0.5) is 8.78 Å². The van der Waals surface area contributed by atoms with Gasteiger partial charge in [-0.05, 0) is 48.6 Å². The van der Waals surface area contributed by atoms with Gasteiger partial charge in [0.1, 0.15) is 0 Å². The van der Waals surface area contributed by atoms with Gasteiger partial charge in [0.05, 0.1) is 11.2 Å². The molecule has 0 aliphatic carbocycles. The van der Waals surface area contributed by atoms with Gasteiger partial charge in [-0.1, -0.05) is 37.3 Å². The molecule has 162 valence electrons. The molecule has 8 heteroatoms. The van der Waals surface area contributed by atoms with Crippen molar-refractivity contribution < 1.29 is 22.0 Å². The minimum absolute atomic E-state index is 0.0879. The van der Waals surface area contributed by atoms with Crippen LogP contribution < -0.4 is 5.32 Å². The van der Waals surface area contributed by atoms with Crippen molar-refractivity contribution in [1.29, 1.82) is 0 Å². The fourth-order valence-corrected chi connectivity index (χ4v) is 5.29. The van der Waals surface area contributed by atoms with Crippen LogP contribution in [0.25, 0.3) is 11.1 Å². The second-order valence-corrected chi connectivity index (χ2v) is 9.95. The third-order valence-corrected chi connectivity index (χ3v) is 8.01. The van der Waals surface area contributed by atoms with E-state index >= 15 is 0 Å². The minimum Gasteiger partial charge on any atom is -0.354 e. The van der Waals surface area contributed by atoms with Crippen molar-refractivity contribution in [2.45, 2.75) is 31.9 Å². The van der Waals surface area contributed by atoms with E-state index in [0.29, 0.717) is 17.5 Å². The molecule has 0 spiro atoms. The number of nitrogens with one attached hydrogen (secondary N) is 1. The molecular formula is C22H26F2N2O3S. The molecule has 0 radical (unpaired) electrons. The minimum atomic E-state index is -3.51. The average molecular weight is 437 g/mol. The lowest BCUT2D eigenvalue weighted by Gasteiger charge is -2.26. The predicted molar refractivity (Wildman–Crippen MR) is 112 cm³/mol. The third kappa shape index (κ3) is 4.70. The van der Waals surface area contributed by atoms with Crippen LogP contribution in [0, 0.1) is 17.6 Å². The number of hydrogen-bond acceptors (Lipinski definition) is 3. The van der Waals surface area contributed by atoms with E-state index in [1.54, 1.807) is 25.1 Å². The SMILES string of the molecule is CC[C@@H](C)S(=O)(=O)N1CCNC(=O)[C@@H](Cc2ccccc2-c2ccc(F)c(F)c2)C1. The predicted octanol–water partition coefficient (Wildman–Crippen LogP) is 3.35. The summed E-state index contributed by atoms with van der Waals surface area (Å²) in [4.78, 5) is 12.6. The van der Waals surface area contributed by atoms with E-state index in [9.17, 15) is 22.0 Å². The average Bonchev–Trinajstić information content (AvgIpc) is 2.92. The lowest BCUT2D eigenvalue weighted by atomic mass is 9.91. The number of sulfonamides is 1. The highest BCUT2D eigenvalue weighted by Gasteiger charge is 2.34. The third-order valence-electron chi connectivity index (χ3n) is 5.61. The zero-order valence-corrected chi connectivity index (χ0v) is 17.9. The summed E-state index contributed by atoms with van der Waals surface area (Å²) in [6.45, 7) is 4.07. The van der Waals surface area contributed by atoms with Crippen LogP contribution in [0.2, 0.25) is 0 Å². The number of nitrogens with zero attached hydrogens (tertiary/aromatic N) is 1. The van der Waals surface area contributed by atoms with Gasteiger partial charge in [-0.25, -0.2) is 17.2 Å². The molecule has 3 rings (SSSR count). The van der Waals surface area contributed by atoms with Crippen LogP contribution in [-0.2, 0) is 21.2 Å². The zero-order chi connectivity index (χ0) is 21.9. The van der Waals surface area contributed by atoms with E-state index < -0.39 is 32.8 Å². The Hall–Kier alpha value is -2.32. The van der Waals surface area contributed by atoms with Gasteiger partial charge in [0.2, 0.25) is 15.9 Å². The highest BCUT2D eigenvalue weighted by Crippen LogP contribution is 2.28. The molecule has 1 fully saturated rings. The monoisotopic (exact) mass is 436 g/mol. The van der Waals surface area contributed by atoms with E-state index in [-0.39, 0.29) is 32.0 Å². The molecule has 1 saturated heterocycles. The van der Waals surface area contributed by atoms with Crippen LogP contribution in [-0.4, -0.2) is 43.5 Å². The summed E-state index contributed by atoms with van der Waals surface area (Å²) in [5.41, 5.74) is 1.96. The fraction of sp³-hybridized carbons (Fsp3) is 0.409. The van der Waals surface area contributed by atoms with Crippen molar-refractivity contribution in [3.05, 3.63) is 59.7 Å². The molecule has 30 heavy (non-hydrogen) atoms. The number of halogens is 2. The van der Waals surface area contributed by atoms with Gasteiger partial charge in [-0.3, -0.25) is 4.79 Å². The maximum atomic E-state index is 13.8. The van der Waals surface area contributed by atoms with Crippen LogP contribution in [0.5, 0.6) is 0 Å². The molecule has 2 aromatic carbocycles. The first-order valence-corrected chi connectivity index (χ1v) is 11.5. The van der Waals surface area contributed by atoms with E-state index in [1.165, 1.54) is 10.4 Å². The van der Waals surface area contributed by atoms with Crippen molar-refractivity contribution in [2.75, 3.05) is 19.6 Å². The Morgan fingerprint density at radius 3 is 2.60 bits per heavy atom. The Bertz CT molecular complexity index is 1030. The fourth-order valence-electron chi connectivity index (χ4n) is 3.63. The van der Waals surface area contributed by atoms with E-state index in [0.717, 1.165) is 17.7 Å². The Morgan fingerprint density at radius 1 is 1.17 bits per heavy atom. The quantitative estimate of drug-likeness (QED) is 0.755. The molecule has 2 aromatic rings. The Balaban J connectivity index is 1.91. The molecule has 1 amide bonds. The smallest absolute Gasteiger partial charge is 0.224 e. The number of rotatable bonds is 6. The van der Waals surface area contributed by atoms with Crippen molar-refractivity contribution in [3.63, 3.8) is 0 Å². The molecule has 1 N–H and O–H groups in total. The lowest BCUT2D eigenvalue weighted by molar-refractivity contribution is -0.124. The number of amides is 1. The second-order valence-electron chi connectivity index (χ2n) is 7.60. The van der Waals surface area contributed by atoms with Crippen molar-refractivity contribution in [1.82, 2.24) is 9.62 Å². The molecule has 1 aliphatic rings. The van der Waals surface area contributed by atoms with Gasteiger partial charge in [0, 0.05) is 19.6 Å². The van der Waals surface area contributed by atoms with Crippen molar-refractivity contribution in [3.8, 4) is 11.1 Å². The summed E-state index contributed by atoms with van der Waals surface area (Å²) in [6.07, 6.45) is 0.775. The Kier molecular flexibility index (Phi) is 6.88. The first kappa shape index (κ1) is 22.4. The molecule has 5 nitrogen and oxygen atoms in total. The lowest BCUT2D eigenvalue weighted by Crippen LogP contribution is -2.41. The maximum Gasteiger partial charge on any atom is 0.224 e. The highest BCUT2D eigenvalue weighted by molar-refractivity contribution is 7.89. The summed E-state index contributed by atoms with van der Waals surface area (Å²) in [5.74, 6) is -2.67. The van der Waals surface area contributed by atoms with Gasteiger partial charge in [0.25, 0.3) is 0 Å². The first-order chi connectivity index (χ1) is 14.2. The number of carbonyl (C=O) groups is 1. The van der Waals surface area contributed by atoms with Crippen LogP contribution in [0.3, 0.4) is 0 Å². The van der Waals surface area contributed by atoms with Crippen molar-refractivity contribution in [2.24, 2.45) is 5.92 Å². The molecule has 0 saturated carbocycles. The van der Waals surface area contributed by atoms with E-state index in [1.807, 2.05) is 13.0 Å². The van der Waals surface area contributed by atoms with Gasteiger partial charge in [-0.2, -0.15) is 4.31 Å². The largest absolute Gasteiger partial charge is 0.354 e. The van der Waals surface area contributed by atoms with Gasteiger partial charge in [-0.15, -0.1) is 0 Å². The van der Waals surface area contributed by atoms with Gasteiger partial charge in [0.15, 0.2) is 11.6 Å². The molecule has 0 aromatic heterocycles. The first-order valence-electron chi connectivity index (χ1n) is 10.0. The van der Waals surface area contributed by atoms with E-state index in [4.69, 9.17) is 0 Å². The summed E-state index contributed by atoms with van der Waals surface area (Å²) < 4.78 is 54.2. The molecule has 0 bridgehead atoms. The molecule has 1 aliphatic heterocycles. The molecule has 0 unspecified atom stereocenters. The second kappa shape index (κ2) is 9.22. The van der Waals surface area contributed by atoms with Crippen molar-refractivity contribution >= 4 is 15.9 Å².